The zero-order chi connectivity index (χ0) is 21.7. The summed E-state index contributed by atoms with van der Waals surface area (Å²) < 4.78 is 9.82. The van der Waals surface area contributed by atoms with Gasteiger partial charge in [-0.1, -0.05) is 18.2 Å². The summed E-state index contributed by atoms with van der Waals surface area (Å²) in [5.41, 5.74) is 1.13. The Balaban J connectivity index is 1.79. The molecule has 1 atom stereocenters. The molecule has 2 aromatic carbocycles. The summed E-state index contributed by atoms with van der Waals surface area (Å²) in [5, 5.41) is 2.90. The molecule has 2 aromatic rings. The Morgan fingerprint density at radius 1 is 1.07 bits per heavy atom. The molecule has 3 rings (SSSR count). The minimum atomic E-state index is -0.921. The first kappa shape index (κ1) is 21.3. The van der Waals surface area contributed by atoms with Crippen molar-refractivity contribution in [1.29, 1.82) is 0 Å². The first-order valence-corrected chi connectivity index (χ1v) is 9.55. The summed E-state index contributed by atoms with van der Waals surface area (Å²) in [6.07, 6.45) is -0.175. The van der Waals surface area contributed by atoms with Gasteiger partial charge in [-0.2, -0.15) is 0 Å². The van der Waals surface area contributed by atoms with Crippen LogP contribution in [0.4, 0.5) is 11.4 Å². The molecule has 0 unspecified atom stereocenters. The molecule has 2 amide bonds. The Morgan fingerprint density at radius 2 is 1.73 bits per heavy atom. The number of rotatable bonds is 7. The first-order valence-electron chi connectivity index (χ1n) is 9.15. The van der Waals surface area contributed by atoms with Gasteiger partial charge in [-0.25, -0.2) is 0 Å². The third-order valence-corrected chi connectivity index (χ3v) is 5.03. The number of benzene rings is 2. The number of ether oxygens (including phenoxy) is 2. The molecule has 156 valence electrons. The van der Waals surface area contributed by atoms with Crippen molar-refractivity contribution in [3.63, 3.8) is 0 Å². The molecule has 1 saturated heterocycles. The maximum atomic E-state index is 13.1. The van der Waals surface area contributed by atoms with Gasteiger partial charge >= 0.3 is 5.97 Å². The lowest BCUT2D eigenvalue weighted by atomic mass is 10.1. The second-order valence-electron chi connectivity index (χ2n) is 6.49. The normalized spacial score (nSPS) is 15.9. The molecule has 1 aliphatic rings. The van der Waals surface area contributed by atoms with Gasteiger partial charge in [-0.3, -0.25) is 19.3 Å². The number of methoxy groups -OCH3 is 2. The number of nitrogens with zero attached hydrogens (tertiary/aromatic N) is 2. The predicted octanol–water partition coefficient (Wildman–Crippen LogP) is 2.20. The maximum absolute atomic E-state index is 13.1. The Bertz CT molecular complexity index is 949. The van der Waals surface area contributed by atoms with Crippen molar-refractivity contribution in [3.05, 3.63) is 54.6 Å². The third-order valence-electron chi connectivity index (χ3n) is 4.61. The van der Waals surface area contributed by atoms with Crippen molar-refractivity contribution in [2.45, 2.75) is 12.5 Å². The molecule has 0 bridgehead atoms. The van der Waals surface area contributed by atoms with E-state index in [4.69, 9.17) is 21.7 Å². The molecule has 0 saturated carbocycles. The van der Waals surface area contributed by atoms with Gasteiger partial charge in [-0.15, -0.1) is 0 Å². The Labute approximate surface area is 179 Å². The highest BCUT2D eigenvalue weighted by Gasteiger charge is 2.45. The van der Waals surface area contributed by atoms with Gasteiger partial charge in [-0.05, 0) is 48.6 Å². The van der Waals surface area contributed by atoms with E-state index in [0.717, 1.165) is 0 Å². The molecular weight excluding hydrogens is 406 g/mol. The number of hydrogen-bond donors (Lipinski definition) is 1. The van der Waals surface area contributed by atoms with E-state index in [9.17, 15) is 14.4 Å². The van der Waals surface area contributed by atoms with Crippen molar-refractivity contribution in [2.75, 3.05) is 31.0 Å². The van der Waals surface area contributed by atoms with Crippen LogP contribution in [0, 0.1) is 0 Å². The van der Waals surface area contributed by atoms with Crippen molar-refractivity contribution < 1.29 is 23.9 Å². The molecule has 8 nitrogen and oxygen atoms in total. The van der Waals surface area contributed by atoms with Gasteiger partial charge in [0, 0.05) is 5.69 Å². The number of hydrogen-bond acceptors (Lipinski definition) is 6. The minimum Gasteiger partial charge on any atom is -0.497 e. The lowest BCUT2D eigenvalue weighted by molar-refractivity contribution is -0.141. The summed E-state index contributed by atoms with van der Waals surface area (Å²) in [5.74, 6) is -0.654. The molecule has 30 heavy (non-hydrogen) atoms. The second-order valence-corrected chi connectivity index (χ2v) is 6.86. The zero-order valence-electron chi connectivity index (χ0n) is 16.5. The fourth-order valence-corrected chi connectivity index (χ4v) is 3.48. The Hall–Kier alpha value is -3.46. The number of nitrogens with one attached hydrogen (secondary N) is 1. The summed E-state index contributed by atoms with van der Waals surface area (Å²) in [4.78, 5) is 40.4. The predicted molar refractivity (Wildman–Crippen MR) is 115 cm³/mol. The summed E-state index contributed by atoms with van der Waals surface area (Å²) in [6.45, 7) is -0.231. The second kappa shape index (κ2) is 9.36. The fourth-order valence-electron chi connectivity index (χ4n) is 3.09. The third kappa shape index (κ3) is 4.57. The highest BCUT2D eigenvalue weighted by molar-refractivity contribution is 7.80. The number of amides is 2. The molecule has 0 aliphatic carbocycles. The standard InChI is InChI=1S/C21H21N3O5S/c1-28-16-10-8-14(9-11-16)22-18(25)12-17-20(27)24(15-6-4-3-5-7-15)21(30)23(17)13-19(26)29-2/h3-11,17H,12-13H2,1-2H3,(H,22,25)/t17-/m1/s1. The number of esters is 1. The van der Waals surface area contributed by atoms with Crippen LogP contribution in [0.2, 0.25) is 0 Å². The van der Waals surface area contributed by atoms with Crippen LogP contribution in [0.3, 0.4) is 0 Å². The van der Waals surface area contributed by atoms with Gasteiger partial charge in [0.2, 0.25) is 5.91 Å². The van der Waals surface area contributed by atoms with Crippen LogP contribution in [0.5, 0.6) is 5.75 Å². The van der Waals surface area contributed by atoms with Crippen LogP contribution < -0.4 is 15.0 Å². The average Bonchev–Trinajstić information content (AvgIpc) is 2.98. The topological polar surface area (TPSA) is 88.2 Å². The van der Waals surface area contributed by atoms with Crippen molar-refractivity contribution in [1.82, 2.24) is 4.90 Å². The largest absolute Gasteiger partial charge is 0.497 e. The van der Waals surface area contributed by atoms with E-state index < -0.39 is 12.0 Å². The zero-order valence-corrected chi connectivity index (χ0v) is 17.3. The van der Waals surface area contributed by atoms with E-state index in [-0.39, 0.29) is 29.9 Å². The Morgan fingerprint density at radius 3 is 2.33 bits per heavy atom. The molecule has 1 heterocycles. The van der Waals surface area contributed by atoms with Crippen LogP contribution in [0.25, 0.3) is 0 Å². The SMILES string of the molecule is COC(=O)CN1C(=S)N(c2ccccc2)C(=O)[C@H]1CC(=O)Nc1ccc(OC)cc1. The quantitative estimate of drug-likeness (QED) is 0.535. The molecule has 0 aromatic heterocycles. The van der Waals surface area contributed by atoms with Crippen LogP contribution in [-0.4, -0.2) is 54.6 Å². The number of anilines is 2. The van der Waals surface area contributed by atoms with Crippen molar-refractivity contribution in [2.24, 2.45) is 0 Å². The minimum absolute atomic E-state index is 0.152. The van der Waals surface area contributed by atoms with E-state index in [0.29, 0.717) is 17.1 Å². The molecule has 0 radical (unpaired) electrons. The van der Waals surface area contributed by atoms with Crippen LogP contribution in [0.1, 0.15) is 6.42 Å². The van der Waals surface area contributed by atoms with Gasteiger partial charge < -0.3 is 19.7 Å². The van der Waals surface area contributed by atoms with E-state index in [2.05, 4.69) is 5.32 Å². The van der Waals surface area contributed by atoms with Crippen LogP contribution >= 0.6 is 12.2 Å². The monoisotopic (exact) mass is 427 g/mol. The molecule has 1 N–H and O–H groups in total. The van der Waals surface area contributed by atoms with Gasteiger partial charge in [0.15, 0.2) is 5.11 Å². The van der Waals surface area contributed by atoms with Crippen molar-refractivity contribution in [3.8, 4) is 5.75 Å². The Kier molecular flexibility index (Phi) is 6.63. The number of carbonyl (C=O) groups is 3. The fraction of sp³-hybridized carbons (Fsp3) is 0.238. The van der Waals surface area contributed by atoms with Gasteiger partial charge in [0.1, 0.15) is 18.3 Å². The smallest absolute Gasteiger partial charge is 0.325 e. The summed E-state index contributed by atoms with van der Waals surface area (Å²) >= 11 is 5.45. The highest BCUT2D eigenvalue weighted by Crippen LogP contribution is 2.27. The molecule has 9 heteroatoms. The van der Waals surface area contributed by atoms with E-state index in [1.54, 1.807) is 55.6 Å². The number of carbonyl (C=O) groups excluding carboxylic acids is 3. The maximum Gasteiger partial charge on any atom is 0.325 e. The highest BCUT2D eigenvalue weighted by atomic mass is 32.1. The lowest BCUT2D eigenvalue weighted by Gasteiger charge is -2.22. The van der Waals surface area contributed by atoms with E-state index >= 15 is 0 Å². The van der Waals surface area contributed by atoms with E-state index in [1.807, 2.05) is 6.07 Å². The lowest BCUT2D eigenvalue weighted by Crippen LogP contribution is -2.41. The average molecular weight is 427 g/mol. The molecular formula is C21H21N3O5S. The summed E-state index contributed by atoms with van der Waals surface area (Å²) in [7, 11) is 2.81. The number of para-hydroxylation sites is 1. The number of thiocarbonyl (C=S) groups is 1. The van der Waals surface area contributed by atoms with Gasteiger partial charge in [0.05, 0.1) is 26.3 Å². The van der Waals surface area contributed by atoms with Gasteiger partial charge in [0.25, 0.3) is 5.91 Å². The van der Waals surface area contributed by atoms with E-state index in [1.165, 1.54) is 16.9 Å². The molecule has 0 spiro atoms. The van der Waals surface area contributed by atoms with Crippen LogP contribution in [-0.2, 0) is 19.1 Å². The molecule has 1 fully saturated rings. The molecule has 1 aliphatic heterocycles. The first-order chi connectivity index (χ1) is 14.4. The van der Waals surface area contributed by atoms with Crippen LogP contribution in [0.15, 0.2) is 54.6 Å². The van der Waals surface area contributed by atoms with Crippen molar-refractivity contribution >= 4 is 46.5 Å². The summed E-state index contributed by atoms with van der Waals surface area (Å²) in [6, 6.07) is 14.7.